The highest BCUT2D eigenvalue weighted by Gasteiger charge is 2.19. The Hall–Kier alpha value is -0.860. The zero-order chi connectivity index (χ0) is 14.2. The third kappa shape index (κ3) is 5.26. The lowest BCUT2D eigenvalue weighted by Crippen LogP contribution is -2.26. The third-order valence-electron chi connectivity index (χ3n) is 4.00. The lowest BCUT2D eigenvalue weighted by molar-refractivity contribution is 0.266. The first-order valence-electron chi connectivity index (χ1n) is 8.36. The van der Waals surface area contributed by atoms with Gasteiger partial charge in [-0.15, -0.1) is 0 Å². The fourth-order valence-corrected chi connectivity index (χ4v) is 2.80. The van der Waals surface area contributed by atoms with Gasteiger partial charge in [-0.2, -0.15) is 0 Å². The van der Waals surface area contributed by atoms with Crippen molar-refractivity contribution in [2.24, 2.45) is 0 Å². The van der Waals surface area contributed by atoms with Gasteiger partial charge in [-0.25, -0.2) is 0 Å². The molecule has 20 heavy (non-hydrogen) atoms. The summed E-state index contributed by atoms with van der Waals surface area (Å²) >= 11 is 0. The minimum atomic E-state index is 0.818. The van der Waals surface area contributed by atoms with E-state index in [9.17, 15) is 0 Å². The SMILES string of the molecule is CCCN(CCC)Cc1ccccc1CCNC1CC1. The van der Waals surface area contributed by atoms with Crippen LogP contribution in [0.5, 0.6) is 0 Å². The van der Waals surface area contributed by atoms with Crippen molar-refractivity contribution >= 4 is 0 Å². The summed E-state index contributed by atoms with van der Waals surface area (Å²) in [6.07, 6.45) is 6.40. The van der Waals surface area contributed by atoms with Gasteiger partial charge in [-0.1, -0.05) is 38.1 Å². The number of benzene rings is 1. The third-order valence-corrected chi connectivity index (χ3v) is 4.00. The number of hydrogen-bond donors (Lipinski definition) is 1. The molecule has 1 fully saturated rings. The maximum atomic E-state index is 3.62. The number of rotatable bonds is 10. The second-order valence-corrected chi connectivity index (χ2v) is 6.02. The Morgan fingerprint density at radius 2 is 1.70 bits per heavy atom. The summed E-state index contributed by atoms with van der Waals surface area (Å²) in [5.74, 6) is 0. The van der Waals surface area contributed by atoms with E-state index in [1.807, 2.05) is 0 Å². The molecule has 0 aliphatic heterocycles. The van der Waals surface area contributed by atoms with Gasteiger partial charge in [0, 0.05) is 12.6 Å². The molecule has 1 N–H and O–H groups in total. The molecule has 0 radical (unpaired) electrons. The van der Waals surface area contributed by atoms with Crippen LogP contribution in [0.15, 0.2) is 24.3 Å². The Kier molecular flexibility index (Phi) is 6.55. The second kappa shape index (κ2) is 8.43. The molecule has 1 aliphatic carbocycles. The van der Waals surface area contributed by atoms with Crippen LogP contribution < -0.4 is 5.32 Å². The van der Waals surface area contributed by atoms with Gasteiger partial charge in [-0.3, -0.25) is 4.90 Å². The van der Waals surface area contributed by atoms with Crippen molar-refractivity contribution in [2.45, 2.75) is 58.5 Å². The van der Waals surface area contributed by atoms with Crippen molar-refractivity contribution in [1.29, 1.82) is 0 Å². The summed E-state index contributed by atoms with van der Waals surface area (Å²) in [6.45, 7) is 9.21. The van der Waals surface area contributed by atoms with Crippen LogP contribution in [0.4, 0.5) is 0 Å². The molecule has 0 bridgehead atoms. The molecule has 2 heteroatoms. The number of nitrogens with one attached hydrogen (secondary N) is 1. The largest absolute Gasteiger partial charge is 0.314 e. The summed E-state index contributed by atoms with van der Waals surface area (Å²) in [4.78, 5) is 2.59. The van der Waals surface area contributed by atoms with E-state index in [1.165, 1.54) is 56.3 Å². The van der Waals surface area contributed by atoms with Gasteiger partial charge in [0.25, 0.3) is 0 Å². The Morgan fingerprint density at radius 1 is 1.05 bits per heavy atom. The normalized spacial score (nSPS) is 14.9. The molecule has 0 atom stereocenters. The average molecular weight is 274 g/mol. The van der Waals surface area contributed by atoms with Crippen LogP contribution in [-0.4, -0.2) is 30.6 Å². The Labute approximate surface area is 124 Å². The van der Waals surface area contributed by atoms with E-state index in [4.69, 9.17) is 0 Å². The number of hydrogen-bond acceptors (Lipinski definition) is 2. The van der Waals surface area contributed by atoms with Gasteiger partial charge >= 0.3 is 0 Å². The molecule has 0 saturated heterocycles. The van der Waals surface area contributed by atoms with Crippen molar-refractivity contribution in [2.75, 3.05) is 19.6 Å². The Bertz CT molecular complexity index is 379. The van der Waals surface area contributed by atoms with Crippen molar-refractivity contribution in [3.63, 3.8) is 0 Å². The number of nitrogens with zero attached hydrogens (tertiary/aromatic N) is 1. The van der Waals surface area contributed by atoms with Gasteiger partial charge in [0.15, 0.2) is 0 Å². The van der Waals surface area contributed by atoms with Gasteiger partial charge in [0.05, 0.1) is 0 Å². The molecule has 1 saturated carbocycles. The molecule has 0 aromatic heterocycles. The molecule has 1 aromatic carbocycles. The zero-order valence-electron chi connectivity index (χ0n) is 13.2. The van der Waals surface area contributed by atoms with Gasteiger partial charge in [0.1, 0.15) is 0 Å². The molecule has 0 heterocycles. The minimum Gasteiger partial charge on any atom is -0.314 e. The van der Waals surface area contributed by atoms with Crippen molar-refractivity contribution < 1.29 is 0 Å². The van der Waals surface area contributed by atoms with Crippen LogP contribution in [0.25, 0.3) is 0 Å². The van der Waals surface area contributed by atoms with Gasteiger partial charge in [-0.05, 0) is 62.9 Å². The summed E-state index contributed by atoms with van der Waals surface area (Å²) in [5.41, 5.74) is 3.05. The van der Waals surface area contributed by atoms with Crippen molar-refractivity contribution in [3.8, 4) is 0 Å². The van der Waals surface area contributed by atoms with Crippen LogP contribution in [0.3, 0.4) is 0 Å². The maximum Gasteiger partial charge on any atom is 0.0236 e. The summed E-state index contributed by atoms with van der Waals surface area (Å²) in [5, 5.41) is 3.62. The average Bonchev–Trinajstić information content (AvgIpc) is 3.25. The minimum absolute atomic E-state index is 0.818. The fraction of sp³-hybridized carbons (Fsp3) is 0.667. The quantitative estimate of drug-likeness (QED) is 0.701. The van der Waals surface area contributed by atoms with Gasteiger partial charge in [0.2, 0.25) is 0 Å². The molecular weight excluding hydrogens is 244 g/mol. The van der Waals surface area contributed by atoms with E-state index in [0.717, 1.165) is 19.1 Å². The highest BCUT2D eigenvalue weighted by molar-refractivity contribution is 5.27. The van der Waals surface area contributed by atoms with Crippen LogP contribution in [0, 0.1) is 0 Å². The molecule has 1 aromatic rings. The predicted molar refractivity (Wildman–Crippen MR) is 87.0 cm³/mol. The van der Waals surface area contributed by atoms with Gasteiger partial charge < -0.3 is 5.32 Å². The molecule has 0 unspecified atom stereocenters. The zero-order valence-corrected chi connectivity index (χ0v) is 13.2. The second-order valence-electron chi connectivity index (χ2n) is 6.02. The van der Waals surface area contributed by atoms with Crippen LogP contribution in [-0.2, 0) is 13.0 Å². The van der Waals surface area contributed by atoms with E-state index in [2.05, 4.69) is 48.3 Å². The van der Waals surface area contributed by atoms with E-state index in [0.29, 0.717) is 0 Å². The first kappa shape index (κ1) is 15.5. The smallest absolute Gasteiger partial charge is 0.0236 e. The first-order valence-corrected chi connectivity index (χ1v) is 8.36. The molecule has 0 spiro atoms. The first-order chi connectivity index (χ1) is 9.83. The van der Waals surface area contributed by atoms with E-state index >= 15 is 0 Å². The molecule has 2 nitrogen and oxygen atoms in total. The molecule has 1 aliphatic rings. The summed E-state index contributed by atoms with van der Waals surface area (Å²) < 4.78 is 0. The standard InChI is InChI=1S/C18H30N2/c1-3-13-20(14-4-2)15-17-8-6-5-7-16(17)11-12-19-18-9-10-18/h5-8,18-19H,3-4,9-15H2,1-2H3. The topological polar surface area (TPSA) is 15.3 Å². The summed E-state index contributed by atoms with van der Waals surface area (Å²) in [6, 6.07) is 9.80. The maximum absolute atomic E-state index is 3.62. The van der Waals surface area contributed by atoms with E-state index in [1.54, 1.807) is 0 Å². The van der Waals surface area contributed by atoms with Crippen LogP contribution in [0.1, 0.15) is 50.7 Å². The Morgan fingerprint density at radius 3 is 2.30 bits per heavy atom. The van der Waals surface area contributed by atoms with Crippen LogP contribution in [0.2, 0.25) is 0 Å². The Balaban J connectivity index is 1.90. The van der Waals surface area contributed by atoms with E-state index < -0.39 is 0 Å². The molecule has 112 valence electrons. The lowest BCUT2D eigenvalue weighted by atomic mass is 10.0. The highest BCUT2D eigenvalue weighted by atomic mass is 15.1. The summed E-state index contributed by atoms with van der Waals surface area (Å²) in [7, 11) is 0. The molecule has 2 rings (SSSR count). The van der Waals surface area contributed by atoms with Crippen LogP contribution >= 0.6 is 0 Å². The molecular formula is C18H30N2. The van der Waals surface area contributed by atoms with Crippen molar-refractivity contribution in [1.82, 2.24) is 10.2 Å². The predicted octanol–water partition coefficient (Wildman–Crippen LogP) is 3.60. The monoisotopic (exact) mass is 274 g/mol. The van der Waals surface area contributed by atoms with Crippen molar-refractivity contribution in [3.05, 3.63) is 35.4 Å². The lowest BCUT2D eigenvalue weighted by Gasteiger charge is -2.22. The fourth-order valence-electron chi connectivity index (χ4n) is 2.80. The highest BCUT2D eigenvalue weighted by Crippen LogP contribution is 2.19. The molecule has 0 amide bonds. The van der Waals surface area contributed by atoms with E-state index in [-0.39, 0.29) is 0 Å².